The number of halogens is 1. The van der Waals surface area contributed by atoms with E-state index in [9.17, 15) is 0 Å². The first-order valence-electron chi connectivity index (χ1n) is 9.55. The standard InChI is InChI=1S/C22H26ClNO3/c1-25-20-7-4-8-21(22(20)26-2)27-13-18-17(12-16-9-10-19(18)24-16)14-5-3-6-15(23)11-14/h3-8,11,16-19,24H,9-10,12-13H2,1-2H3/t16?,17-,18-,19?/m0/s1. The van der Waals surface area contributed by atoms with Crippen molar-refractivity contribution in [1.82, 2.24) is 5.32 Å². The number of nitrogens with one attached hydrogen (secondary N) is 1. The zero-order valence-electron chi connectivity index (χ0n) is 15.8. The Morgan fingerprint density at radius 2 is 1.85 bits per heavy atom. The van der Waals surface area contributed by atoms with Crippen molar-refractivity contribution in [3.8, 4) is 17.2 Å². The zero-order valence-corrected chi connectivity index (χ0v) is 16.5. The number of hydrogen-bond donors (Lipinski definition) is 1. The first kappa shape index (κ1) is 18.5. The van der Waals surface area contributed by atoms with E-state index in [2.05, 4.69) is 17.4 Å². The monoisotopic (exact) mass is 387 g/mol. The molecule has 2 aromatic rings. The Hall–Kier alpha value is -1.91. The SMILES string of the molecule is COc1cccc(OC[C@@H]2C3CCC(C[C@H]2c2cccc(Cl)c2)N3)c1OC. The minimum Gasteiger partial charge on any atom is -0.493 e. The van der Waals surface area contributed by atoms with E-state index in [-0.39, 0.29) is 0 Å². The van der Waals surface area contributed by atoms with Crippen molar-refractivity contribution >= 4 is 11.6 Å². The van der Waals surface area contributed by atoms with E-state index in [0.717, 1.165) is 17.2 Å². The largest absolute Gasteiger partial charge is 0.493 e. The third kappa shape index (κ3) is 3.74. The summed E-state index contributed by atoms with van der Waals surface area (Å²) in [6.45, 7) is 0.630. The molecule has 2 unspecified atom stereocenters. The summed E-state index contributed by atoms with van der Waals surface area (Å²) < 4.78 is 17.2. The Balaban J connectivity index is 1.57. The molecule has 4 atom stereocenters. The van der Waals surface area contributed by atoms with E-state index in [0.29, 0.717) is 42.0 Å². The summed E-state index contributed by atoms with van der Waals surface area (Å²) >= 11 is 6.27. The lowest BCUT2D eigenvalue weighted by Gasteiger charge is -2.38. The van der Waals surface area contributed by atoms with Crippen molar-refractivity contribution in [2.75, 3.05) is 20.8 Å². The number of methoxy groups -OCH3 is 2. The van der Waals surface area contributed by atoms with Crippen LogP contribution in [0, 0.1) is 5.92 Å². The summed E-state index contributed by atoms with van der Waals surface area (Å²) in [5, 5.41) is 4.57. The molecule has 2 aromatic carbocycles. The van der Waals surface area contributed by atoms with Crippen LogP contribution in [0.3, 0.4) is 0 Å². The summed E-state index contributed by atoms with van der Waals surface area (Å²) in [4.78, 5) is 0. The summed E-state index contributed by atoms with van der Waals surface area (Å²) in [6.07, 6.45) is 3.56. The average molecular weight is 388 g/mol. The maximum atomic E-state index is 6.27. The van der Waals surface area contributed by atoms with Crippen LogP contribution in [0.15, 0.2) is 42.5 Å². The molecule has 0 spiro atoms. The highest BCUT2D eigenvalue weighted by Crippen LogP contribution is 2.43. The average Bonchev–Trinajstić information content (AvgIpc) is 3.08. The van der Waals surface area contributed by atoms with Gasteiger partial charge in [-0.1, -0.05) is 29.8 Å². The number of hydrogen-bond acceptors (Lipinski definition) is 4. The van der Waals surface area contributed by atoms with Gasteiger partial charge >= 0.3 is 0 Å². The Morgan fingerprint density at radius 3 is 2.63 bits per heavy atom. The molecule has 144 valence electrons. The van der Waals surface area contributed by atoms with Gasteiger partial charge in [-0.3, -0.25) is 0 Å². The third-order valence-corrected chi connectivity index (χ3v) is 6.16. The molecule has 0 amide bonds. The fourth-order valence-electron chi connectivity index (χ4n) is 4.65. The molecule has 0 radical (unpaired) electrons. The van der Waals surface area contributed by atoms with E-state index < -0.39 is 0 Å². The third-order valence-electron chi connectivity index (χ3n) is 5.92. The Labute approximate surface area is 165 Å². The topological polar surface area (TPSA) is 39.7 Å². The Bertz CT molecular complexity index is 797. The van der Waals surface area contributed by atoms with E-state index in [1.165, 1.54) is 18.4 Å². The molecule has 0 saturated carbocycles. The van der Waals surface area contributed by atoms with E-state index in [1.807, 2.05) is 30.3 Å². The zero-order chi connectivity index (χ0) is 18.8. The lowest BCUT2D eigenvalue weighted by Crippen LogP contribution is -2.46. The van der Waals surface area contributed by atoms with Crippen molar-refractivity contribution < 1.29 is 14.2 Å². The first-order valence-corrected chi connectivity index (χ1v) is 9.92. The van der Waals surface area contributed by atoms with Crippen molar-refractivity contribution in [2.45, 2.75) is 37.3 Å². The fourth-order valence-corrected chi connectivity index (χ4v) is 4.84. The van der Waals surface area contributed by atoms with E-state index in [1.54, 1.807) is 14.2 Å². The first-order chi connectivity index (χ1) is 13.2. The van der Waals surface area contributed by atoms with Gasteiger partial charge in [-0.25, -0.2) is 0 Å². The second-order valence-corrected chi connectivity index (χ2v) is 7.85. The quantitative estimate of drug-likeness (QED) is 0.782. The smallest absolute Gasteiger partial charge is 0.203 e. The molecule has 2 saturated heterocycles. The number of para-hydroxylation sites is 1. The van der Waals surface area contributed by atoms with Crippen LogP contribution in [0.2, 0.25) is 5.02 Å². The van der Waals surface area contributed by atoms with Crippen molar-refractivity contribution in [1.29, 1.82) is 0 Å². The molecule has 4 rings (SSSR count). The van der Waals surface area contributed by atoms with Gasteiger partial charge in [0, 0.05) is 23.0 Å². The van der Waals surface area contributed by atoms with Gasteiger partial charge in [0.15, 0.2) is 11.5 Å². The second-order valence-electron chi connectivity index (χ2n) is 7.41. The molecule has 0 aliphatic carbocycles. The maximum absolute atomic E-state index is 6.27. The molecule has 4 nitrogen and oxygen atoms in total. The minimum atomic E-state index is 0.387. The lowest BCUT2D eigenvalue weighted by molar-refractivity contribution is 0.155. The van der Waals surface area contributed by atoms with E-state index >= 15 is 0 Å². The summed E-state index contributed by atoms with van der Waals surface area (Å²) in [5.74, 6) is 2.88. The number of ether oxygens (including phenoxy) is 3. The highest BCUT2D eigenvalue weighted by molar-refractivity contribution is 6.30. The molecular weight excluding hydrogens is 362 g/mol. The molecular formula is C22H26ClNO3. The molecule has 27 heavy (non-hydrogen) atoms. The Kier molecular flexibility index (Phi) is 5.46. The van der Waals surface area contributed by atoms with Crippen molar-refractivity contribution in [3.63, 3.8) is 0 Å². The Morgan fingerprint density at radius 1 is 1.04 bits per heavy atom. The van der Waals surface area contributed by atoms with Gasteiger partial charge in [0.05, 0.1) is 20.8 Å². The van der Waals surface area contributed by atoms with Crippen molar-refractivity contribution in [2.24, 2.45) is 5.92 Å². The van der Waals surface area contributed by atoms with Crippen LogP contribution in [0.4, 0.5) is 0 Å². The highest BCUT2D eigenvalue weighted by Gasteiger charge is 2.42. The van der Waals surface area contributed by atoms with Gasteiger partial charge < -0.3 is 19.5 Å². The van der Waals surface area contributed by atoms with Crippen LogP contribution in [0.1, 0.15) is 30.7 Å². The van der Waals surface area contributed by atoms with Gasteiger partial charge in [-0.15, -0.1) is 0 Å². The van der Waals surface area contributed by atoms with Crippen LogP contribution in [0.25, 0.3) is 0 Å². The molecule has 5 heteroatoms. The van der Waals surface area contributed by atoms with Crippen molar-refractivity contribution in [3.05, 3.63) is 53.1 Å². The number of benzene rings is 2. The van der Waals surface area contributed by atoms with Crippen LogP contribution < -0.4 is 19.5 Å². The summed E-state index contributed by atoms with van der Waals surface area (Å²) in [7, 11) is 3.28. The van der Waals surface area contributed by atoms with E-state index in [4.69, 9.17) is 25.8 Å². The minimum absolute atomic E-state index is 0.387. The van der Waals surface area contributed by atoms with Gasteiger partial charge in [0.2, 0.25) is 5.75 Å². The lowest BCUT2D eigenvalue weighted by atomic mass is 9.77. The summed E-state index contributed by atoms with van der Waals surface area (Å²) in [5.41, 5.74) is 1.31. The predicted molar refractivity (Wildman–Crippen MR) is 107 cm³/mol. The molecule has 0 aromatic heterocycles. The molecule has 2 aliphatic rings. The maximum Gasteiger partial charge on any atom is 0.203 e. The number of fused-ring (bicyclic) bond motifs is 2. The molecule has 2 fully saturated rings. The fraction of sp³-hybridized carbons (Fsp3) is 0.455. The van der Waals surface area contributed by atoms with Crippen LogP contribution in [-0.4, -0.2) is 32.9 Å². The van der Waals surface area contributed by atoms with Gasteiger partial charge in [-0.2, -0.15) is 0 Å². The van der Waals surface area contributed by atoms with Crippen LogP contribution >= 0.6 is 11.6 Å². The normalized spacial score (nSPS) is 26.6. The molecule has 2 aliphatic heterocycles. The number of rotatable bonds is 6. The van der Waals surface area contributed by atoms with Gasteiger partial charge in [0.25, 0.3) is 0 Å². The highest BCUT2D eigenvalue weighted by atomic mass is 35.5. The van der Waals surface area contributed by atoms with Crippen LogP contribution in [0.5, 0.6) is 17.2 Å². The molecule has 2 heterocycles. The second kappa shape index (κ2) is 7.99. The number of piperidine rings is 1. The molecule has 1 N–H and O–H groups in total. The summed E-state index contributed by atoms with van der Waals surface area (Å²) in [6, 6.07) is 15.1. The predicted octanol–water partition coefficient (Wildman–Crippen LogP) is 4.66. The van der Waals surface area contributed by atoms with Crippen LogP contribution in [-0.2, 0) is 0 Å². The van der Waals surface area contributed by atoms with Gasteiger partial charge in [-0.05, 0) is 55.0 Å². The molecule has 2 bridgehead atoms. The van der Waals surface area contributed by atoms with Gasteiger partial charge in [0.1, 0.15) is 0 Å².